The van der Waals surface area contributed by atoms with Gasteiger partial charge in [0.15, 0.2) is 0 Å². The second-order valence-electron chi connectivity index (χ2n) is 5.04. The molecule has 0 unspecified atom stereocenters. The lowest BCUT2D eigenvalue weighted by Crippen LogP contribution is -2.13. The smallest absolute Gasteiger partial charge is 0.127 e. The number of allylic oxidation sites excluding steroid dienone is 8. The lowest BCUT2D eigenvalue weighted by atomic mass is 10.0. The molecule has 1 nitrogen and oxygen atoms in total. The molecule has 1 aromatic rings. The Labute approximate surface area is 138 Å². The molecule has 0 N–H and O–H groups in total. The summed E-state index contributed by atoms with van der Waals surface area (Å²) in [5, 5.41) is 0. The van der Waals surface area contributed by atoms with E-state index in [2.05, 4.69) is 18.2 Å². The topological polar surface area (TPSA) is 9.23 Å². The van der Waals surface area contributed by atoms with Gasteiger partial charge < -0.3 is 4.74 Å². The number of benzene rings is 1. The largest absolute Gasteiger partial charge is 0.490 e. The number of hydrogen-bond acceptors (Lipinski definition) is 1. The Balaban J connectivity index is 2.36. The van der Waals surface area contributed by atoms with Crippen LogP contribution in [0, 0.1) is 0 Å². The molecule has 0 fully saturated rings. The second kappa shape index (κ2) is 9.11. The highest BCUT2D eigenvalue weighted by molar-refractivity contribution is 6.17. The zero-order valence-corrected chi connectivity index (χ0v) is 13.5. The molecule has 1 aliphatic carbocycles. The standard InChI is InChI=1S/C20H21ClO/c1-17(15-16-21)22-20-14-10-12-18-11-8-6-4-2-3-5-7-9-13-19(18)20/h2-14,17H,15-16H2,1H3/b3-2-,4-2?,5-3?,6-4-,7-5-,8-6?,9-7?,11-8-,13-9-,18-11?,19-13?/t17-/m0/s1. The van der Waals surface area contributed by atoms with Gasteiger partial charge in [-0.25, -0.2) is 0 Å². The molecule has 2 heteroatoms. The molecular weight excluding hydrogens is 292 g/mol. The zero-order valence-electron chi connectivity index (χ0n) is 12.8. The fourth-order valence-corrected chi connectivity index (χ4v) is 2.42. The van der Waals surface area contributed by atoms with Crippen molar-refractivity contribution < 1.29 is 4.74 Å². The second-order valence-corrected chi connectivity index (χ2v) is 5.42. The van der Waals surface area contributed by atoms with E-state index in [1.54, 1.807) is 0 Å². The first kappa shape index (κ1) is 16.4. The van der Waals surface area contributed by atoms with Crippen molar-refractivity contribution in [3.05, 3.63) is 77.9 Å². The van der Waals surface area contributed by atoms with E-state index < -0.39 is 0 Å². The summed E-state index contributed by atoms with van der Waals surface area (Å²) in [6.45, 7) is 2.05. The van der Waals surface area contributed by atoms with Crippen LogP contribution in [0.2, 0.25) is 0 Å². The molecule has 1 atom stereocenters. The molecule has 0 saturated heterocycles. The molecule has 114 valence electrons. The van der Waals surface area contributed by atoms with Crippen LogP contribution in [0.25, 0.3) is 12.2 Å². The summed E-state index contributed by atoms with van der Waals surface area (Å²) < 4.78 is 6.05. The molecular formula is C20H21ClO. The maximum atomic E-state index is 6.05. The summed E-state index contributed by atoms with van der Waals surface area (Å²) in [6, 6.07) is 6.12. The van der Waals surface area contributed by atoms with Crippen molar-refractivity contribution in [1.82, 2.24) is 0 Å². The Morgan fingerprint density at radius 1 is 0.909 bits per heavy atom. The monoisotopic (exact) mass is 312 g/mol. The van der Waals surface area contributed by atoms with E-state index in [0.717, 1.165) is 23.3 Å². The van der Waals surface area contributed by atoms with Gasteiger partial charge in [0, 0.05) is 11.4 Å². The van der Waals surface area contributed by atoms with Gasteiger partial charge in [0.05, 0.1) is 6.10 Å². The number of halogens is 1. The van der Waals surface area contributed by atoms with E-state index in [0.29, 0.717) is 5.88 Å². The zero-order chi connectivity index (χ0) is 15.6. The molecule has 0 saturated carbocycles. The quantitative estimate of drug-likeness (QED) is 0.639. The maximum absolute atomic E-state index is 6.05. The molecule has 0 aromatic heterocycles. The first-order valence-corrected chi connectivity index (χ1v) is 8.05. The van der Waals surface area contributed by atoms with Crippen LogP contribution < -0.4 is 4.74 Å². The molecule has 0 bridgehead atoms. The molecule has 0 radical (unpaired) electrons. The van der Waals surface area contributed by atoms with Gasteiger partial charge in [-0.05, 0) is 25.0 Å². The lowest BCUT2D eigenvalue weighted by molar-refractivity contribution is 0.218. The summed E-state index contributed by atoms with van der Waals surface area (Å²) in [6.07, 6.45) is 21.2. The van der Waals surface area contributed by atoms with Crippen molar-refractivity contribution in [2.24, 2.45) is 0 Å². The average Bonchev–Trinajstić information content (AvgIpc) is 2.49. The van der Waals surface area contributed by atoms with Gasteiger partial charge in [-0.2, -0.15) is 0 Å². The van der Waals surface area contributed by atoms with Crippen LogP contribution in [0.4, 0.5) is 0 Å². The van der Waals surface area contributed by atoms with Crippen LogP contribution in [0.5, 0.6) is 5.75 Å². The van der Waals surface area contributed by atoms with Gasteiger partial charge in [-0.15, -0.1) is 11.6 Å². The summed E-state index contributed by atoms with van der Waals surface area (Å²) in [4.78, 5) is 0. The first-order valence-electron chi connectivity index (χ1n) is 7.51. The van der Waals surface area contributed by atoms with Crippen molar-refractivity contribution >= 4 is 23.8 Å². The van der Waals surface area contributed by atoms with Gasteiger partial charge in [0.1, 0.15) is 5.75 Å². The molecule has 1 aliphatic rings. The Hall–Kier alpha value is -1.99. The van der Waals surface area contributed by atoms with Crippen LogP contribution in [0.15, 0.2) is 66.8 Å². The van der Waals surface area contributed by atoms with Crippen LogP contribution in [-0.4, -0.2) is 12.0 Å². The van der Waals surface area contributed by atoms with Crippen molar-refractivity contribution in [3.63, 3.8) is 0 Å². The fourth-order valence-electron chi connectivity index (χ4n) is 2.11. The summed E-state index contributed by atoms with van der Waals surface area (Å²) >= 11 is 5.80. The van der Waals surface area contributed by atoms with E-state index >= 15 is 0 Å². The summed E-state index contributed by atoms with van der Waals surface area (Å²) in [5.74, 6) is 1.49. The highest BCUT2D eigenvalue weighted by Gasteiger charge is 2.09. The van der Waals surface area contributed by atoms with Crippen molar-refractivity contribution in [1.29, 1.82) is 0 Å². The van der Waals surface area contributed by atoms with Gasteiger partial charge in [0.25, 0.3) is 0 Å². The van der Waals surface area contributed by atoms with E-state index in [4.69, 9.17) is 16.3 Å². The highest BCUT2D eigenvalue weighted by atomic mass is 35.5. The molecule has 0 heterocycles. The van der Waals surface area contributed by atoms with E-state index in [1.165, 1.54) is 0 Å². The predicted octanol–water partition coefficient (Wildman–Crippen LogP) is 5.79. The van der Waals surface area contributed by atoms with E-state index in [1.807, 2.05) is 67.7 Å². The van der Waals surface area contributed by atoms with Gasteiger partial charge in [0.2, 0.25) is 0 Å². The number of fused-ring (bicyclic) bond motifs is 1. The third-order valence-electron chi connectivity index (χ3n) is 3.26. The van der Waals surface area contributed by atoms with Crippen LogP contribution in [-0.2, 0) is 0 Å². The SMILES string of the molecule is C[C@@H](CCCl)Oc1cccc2c1\C=C/C=C\C=C/C=C\C=C/2. The third-order valence-corrected chi connectivity index (χ3v) is 3.48. The van der Waals surface area contributed by atoms with Crippen molar-refractivity contribution in [2.75, 3.05) is 5.88 Å². The van der Waals surface area contributed by atoms with Crippen LogP contribution in [0.1, 0.15) is 24.5 Å². The minimum absolute atomic E-state index is 0.0983. The maximum Gasteiger partial charge on any atom is 0.127 e. The molecule has 1 aromatic carbocycles. The minimum Gasteiger partial charge on any atom is -0.490 e. The number of rotatable bonds is 4. The Kier molecular flexibility index (Phi) is 6.79. The Morgan fingerprint density at radius 2 is 1.55 bits per heavy atom. The van der Waals surface area contributed by atoms with Crippen molar-refractivity contribution in [3.8, 4) is 5.75 Å². The Morgan fingerprint density at radius 3 is 2.23 bits per heavy atom. The average molecular weight is 313 g/mol. The normalized spacial score (nSPS) is 22.3. The molecule has 0 spiro atoms. The van der Waals surface area contributed by atoms with Gasteiger partial charge in [-0.1, -0.05) is 72.9 Å². The third kappa shape index (κ3) is 5.09. The fraction of sp³-hybridized carbons (Fsp3) is 0.200. The van der Waals surface area contributed by atoms with Gasteiger partial charge in [-0.3, -0.25) is 0 Å². The molecule has 0 amide bonds. The first-order chi connectivity index (χ1) is 10.8. The summed E-state index contributed by atoms with van der Waals surface area (Å²) in [5.41, 5.74) is 2.22. The van der Waals surface area contributed by atoms with Crippen LogP contribution >= 0.6 is 11.6 Å². The van der Waals surface area contributed by atoms with Crippen molar-refractivity contribution in [2.45, 2.75) is 19.4 Å². The Bertz CT molecular complexity index is 621. The highest BCUT2D eigenvalue weighted by Crippen LogP contribution is 2.27. The number of alkyl halides is 1. The van der Waals surface area contributed by atoms with E-state index in [9.17, 15) is 0 Å². The lowest BCUT2D eigenvalue weighted by Gasteiger charge is -2.16. The molecule has 22 heavy (non-hydrogen) atoms. The van der Waals surface area contributed by atoms with E-state index in [-0.39, 0.29) is 6.10 Å². The molecule has 2 rings (SSSR count). The van der Waals surface area contributed by atoms with Gasteiger partial charge >= 0.3 is 0 Å². The van der Waals surface area contributed by atoms with Crippen LogP contribution in [0.3, 0.4) is 0 Å². The molecule has 0 aliphatic heterocycles. The number of hydrogen-bond donors (Lipinski definition) is 0. The predicted molar refractivity (Wildman–Crippen MR) is 97.4 cm³/mol. The minimum atomic E-state index is 0.0983. The number of ether oxygens (including phenoxy) is 1. The summed E-state index contributed by atoms with van der Waals surface area (Å²) in [7, 11) is 0.